The van der Waals surface area contributed by atoms with Gasteiger partial charge >= 0.3 is 11.9 Å². The van der Waals surface area contributed by atoms with Crippen LogP contribution in [0.25, 0.3) is 0 Å². The number of ether oxygens (including phenoxy) is 1. The van der Waals surface area contributed by atoms with Crippen molar-refractivity contribution in [1.82, 2.24) is 0 Å². The van der Waals surface area contributed by atoms with Crippen LogP contribution in [0.1, 0.15) is 39.0 Å². The second kappa shape index (κ2) is 6.89. The zero-order valence-corrected chi connectivity index (χ0v) is 10.0. The third-order valence-corrected chi connectivity index (χ3v) is 2.57. The molecule has 0 heterocycles. The monoisotopic (exact) mass is 238 g/mol. The van der Waals surface area contributed by atoms with Gasteiger partial charge in [-0.15, -0.1) is 0 Å². The van der Waals surface area contributed by atoms with Crippen LogP contribution in [0.5, 0.6) is 0 Å². The van der Waals surface area contributed by atoms with Crippen LogP contribution in [-0.2, 0) is 14.3 Å². The number of hydrogen-bond acceptors (Lipinski definition) is 3. The summed E-state index contributed by atoms with van der Waals surface area (Å²) in [6.07, 6.45) is 8.80. The van der Waals surface area contributed by atoms with E-state index in [0.717, 1.165) is 31.3 Å². The summed E-state index contributed by atoms with van der Waals surface area (Å²) in [6, 6.07) is 0. The highest BCUT2D eigenvalue weighted by molar-refractivity contribution is 5.90. The molecule has 0 aromatic carbocycles. The summed E-state index contributed by atoms with van der Waals surface area (Å²) in [5.41, 5.74) is 1.08. The number of carbonyl (C=O) groups excluding carboxylic acids is 1. The maximum absolute atomic E-state index is 11.2. The van der Waals surface area contributed by atoms with E-state index in [-0.39, 0.29) is 6.10 Å². The fourth-order valence-electron chi connectivity index (χ4n) is 1.80. The number of rotatable bonds is 6. The second-order valence-corrected chi connectivity index (χ2v) is 3.99. The molecule has 1 aliphatic carbocycles. The highest BCUT2D eigenvalue weighted by atomic mass is 16.5. The minimum Gasteiger partial charge on any atom is -0.481 e. The van der Waals surface area contributed by atoms with E-state index in [1.165, 1.54) is 0 Å². The lowest BCUT2D eigenvalue weighted by Gasteiger charge is -2.14. The van der Waals surface area contributed by atoms with Crippen molar-refractivity contribution in [2.75, 3.05) is 0 Å². The highest BCUT2D eigenvalue weighted by Gasteiger charge is 2.23. The Morgan fingerprint density at radius 2 is 2.29 bits per heavy atom. The van der Waals surface area contributed by atoms with Gasteiger partial charge in [0.2, 0.25) is 0 Å². The molecule has 1 aliphatic rings. The lowest BCUT2D eigenvalue weighted by atomic mass is 10.1. The first-order valence-corrected chi connectivity index (χ1v) is 5.88. The predicted molar refractivity (Wildman–Crippen MR) is 63.5 cm³/mol. The van der Waals surface area contributed by atoms with Crippen molar-refractivity contribution < 1.29 is 19.4 Å². The molecular weight excluding hydrogens is 220 g/mol. The van der Waals surface area contributed by atoms with Gasteiger partial charge in [0, 0.05) is 0 Å². The molecule has 0 aliphatic heterocycles. The molecule has 1 unspecified atom stereocenters. The molecule has 94 valence electrons. The number of carboxylic acids is 1. The van der Waals surface area contributed by atoms with E-state index < -0.39 is 18.4 Å². The van der Waals surface area contributed by atoms with Crippen molar-refractivity contribution in [3.05, 3.63) is 23.8 Å². The van der Waals surface area contributed by atoms with E-state index in [9.17, 15) is 9.59 Å². The average Bonchev–Trinajstić information content (AvgIpc) is 2.65. The van der Waals surface area contributed by atoms with Crippen LogP contribution in [0, 0.1) is 0 Å². The number of aliphatic carboxylic acids is 1. The summed E-state index contributed by atoms with van der Waals surface area (Å²) in [5, 5.41) is 8.47. The molecule has 0 amide bonds. The molecule has 0 saturated heterocycles. The van der Waals surface area contributed by atoms with Crippen molar-refractivity contribution in [2.24, 2.45) is 0 Å². The minimum absolute atomic E-state index is 0.233. The Morgan fingerprint density at radius 3 is 2.94 bits per heavy atom. The van der Waals surface area contributed by atoms with Crippen molar-refractivity contribution >= 4 is 11.9 Å². The molecule has 0 saturated carbocycles. The van der Waals surface area contributed by atoms with Gasteiger partial charge in [-0.05, 0) is 31.3 Å². The van der Waals surface area contributed by atoms with Gasteiger partial charge in [-0.2, -0.15) is 0 Å². The maximum Gasteiger partial charge on any atom is 0.317 e. The molecule has 4 heteroatoms. The Bertz CT molecular complexity index is 341. The predicted octanol–water partition coefficient (Wildman–Crippen LogP) is 2.45. The summed E-state index contributed by atoms with van der Waals surface area (Å²) in [5.74, 6) is -1.81. The smallest absolute Gasteiger partial charge is 0.317 e. The first-order chi connectivity index (χ1) is 8.13. The Labute approximate surface area is 101 Å². The number of hydrogen-bond donors (Lipinski definition) is 1. The minimum atomic E-state index is -1.15. The van der Waals surface area contributed by atoms with Gasteiger partial charge in [0.1, 0.15) is 12.5 Å². The molecule has 1 N–H and O–H groups in total. The van der Waals surface area contributed by atoms with E-state index in [1.54, 1.807) is 0 Å². The first-order valence-electron chi connectivity index (χ1n) is 5.88. The Morgan fingerprint density at radius 1 is 1.53 bits per heavy atom. The molecule has 0 spiro atoms. The van der Waals surface area contributed by atoms with Gasteiger partial charge in [0.05, 0.1) is 0 Å². The molecule has 0 fully saturated rings. The van der Waals surface area contributed by atoms with Gasteiger partial charge < -0.3 is 9.84 Å². The van der Waals surface area contributed by atoms with E-state index >= 15 is 0 Å². The average molecular weight is 238 g/mol. The number of carbonyl (C=O) groups is 2. The second-order valence-electron chi connectivity index (χ2n) is 3.99. The van der Waals surface area contributed by atoms with Crippen molar-refractivity contribution in [1.29, 1.82) is 0 Å². The highest BCUT2D eigenvalue weighted by Crippen LogP contribution is 2.25. The van der Waals surface area contributed by atoms with Crippen LogP contribution in [0.3, 0.4) is 0 Å². The van der Waals surface area contributed by atoms with Crippen molar-refractivity contribution in [3.8, 4) is 0 Å². The van der Waals surface area contributed by atoms with Crippen LogP contribution in [0.15, 0.2) is 23.8 Å². The van der Waals surface area contributed by atoms with Gasteiger partial charge in [0.25, 0.3) is 0 Å². The summed E-state index contributed by atoms with van der Waals surface area (Å²) in [6.45, 7) is 2.06. The molecule has 4 nitrogen and oxygen atoms in total. The summed E-state index contributed by atoms with van der Waals surface area (Å²) in [4.78, 5) is 21.6. The first kappa shape index (κ1) is 13.5. The topological polar surface area (TPSA) is 63.6 Å². The van der Waals surface area contributed by atoms with E-state index in [2.05, 4.69) is 25.2 Å². The Kier molecular flexibility index (Phi) is 5.46. The Hall–Kier alpha value is -1.58. The fourth-order valence-corrected chi connectivity index (χ4v) is 1.80. The quantitative estimate of drug-likeness (QED) is 0.438. The number of carboxylic acid groups (broad SMARTS) is 1. The lowest BCUT2D eigenvalue weighted by Crippen LogP contribution is -2.19. The zero-order valence-electron chi connectivity index (χ0n) is 10.0. The molecule has 0 radical (unpaired) electrons. The molecule has 0 aromatic heterocycles. The molecule has 0 bridgehead atoms. The van der Waals surface area contributed by atoms with Gasteiger partial charge in [-0.3, -0.25) is 9.59 Å². The van der Waals surface area contributed by atoms with E-state index in [4.69, 9.17) is 9.84 Å². The molecule has 0 aromatic rings. The van der Waals surface area contributed by atoms with E-state index in [1.807, 2.05) is 0 Å². The largest absolute Gasteiger partial charge is 0.481 e. The lowest BCUT2D eigenvalue weighted by molar-refractivity contribution is -0.153. The van der Waals surface area contributed by atoms with E-state index in [0.29, 0.717) is 0 Å². The SMILES string of the molecule is CCC=CCC1=CCCC1OC(=O)CC(=O)O. The van der Waals surface area contributed by atoms with Crippen molar-refractivity contribution in [2.45, 2.75) is 45.1 Å². The third-order valence-electron chi connectivity index (χ3n) is 2.57. The van der Waals surface area contributed by atoms with Crippen LogP contribution < -0.4 is 0 Å². The Balaban J connectivity index is 2.43. The summed E-state index contributed by atoms with van der Waals surface area (Å²) >= 11 is 0. The maximum atomic E-state index is 11.2. The van der Waals surface area contributed by atoms with Gasteiger partial charge in [0.15, 0.2) is 0 Å². The van der Waals surface area contributed by atoms with Crippen LogP contribution >= 0.6 is 0 Å². The van der Waals surface area contributed by atoms with Gasteiger partial charge in [-0.1, -0.05) is 25.2 Å². The van der Waals surface area contributed by atoms with Crippen molar-refractivity contribution in [3.63, 3.8) is 0 Å². The molecule has 17 heavy (non-hydrogen) atoms. The zero-order chi connectivity index (χ0) is 12.7. The van der Waals surface area contributed by atoms with Crippen LogP contribution in [0.4, 0.5) is 0 Å². The summed E-state index contributed by atoms with van der Waals surface area (Å²) in [7, 11) is 0. The molecular formula is C13H18O4. The summed E-state index contributed by atoms with van der Waals surface area (Å²) < 4.78 is 5.14. The van der Waals surface area contributed by atoms with Crippen LogP contribution in [0.2, 0.25) is 0 Å². The third kappa shape index (κ3) is 4.85. The van der Waals surface area contributed by atoms with Crippen LogP contribution in [-0.4, -0.2) is 23.1 Å². The number of esters is 1. The normalized spacial score (nSPS) is 19.4. The molecule has 1 rings (SSSR count). The molecule has 1 atom stereocenters. The van der Waals surface area contributed by atoms with Gasteiger partial charge in [-0.25, -0.2) is 0 Å². The standard InChI is InChI=1S/C13H18O4/c1-2-3-4-6-10-7-5-8-11(10)17-13(16)9-12(14)15/h3-4,7,11H,2,5-6,8-9H2,1H3,(H,14,15). The fraction of sp³-hybridized carbons (Fsp3) is 0.538. The number of allylic oxidation sites excluding steroid dienone is 3.